The van der Waals surface area contributed by atoms with Crippen LogP contribution in [0.2, 0.25) is 5.02 Å². The molecule has 0 saturated carbocycles. The fraction of sp³-hybridized carbons (Fsp3) is 0.276. The van der Waals surface area contributed by atoms with Crippen LogP contribution in [0.4, 0.5) is 17.3 Å². The fourth-order valence-corrected chi connectivity index (χ4v) is 5.35. The number of hydrogen-bond donors (Lipinski definition) is 3. The van der Waals surface area contributed by atoms with Crippen molar-refractivity contribution < 1.29 is 9.59 Å². The molecule has 1 aliphatic heterocycles. The van der Waals surface area contributed by atoms with Gasteiger partial charge in [-0.05, 0) is 44.0 Å². The van der Waals surface area contributed by atoms with E-state index in [4.69, 9.17) is 33.9 Å². The van der Waals surface area contributed by atoms with Crippen molar-refractivity contribution in [3.8, 4) is 16.9 Å². The molecule has 1 aliphatic rings. The number of nitrogen functional groups attached to an aromatic ring is 1. The van der Waals surface area contributed by atoms with Crippen LogP contribution < -0.4 is 26.8 Å². The number of hydrogen-bond acceptors (Lipinski definition) is 7. The molecule has 4 N–H and O–H groups in total. The molecule has 218 valence electrons. The van der Waals surface area contributed by atoms with Crippen LogP contribution in [0.1, 0.15) is 28.9 Å². The number of carbonyl (C=O) groups is 2. The van der Waals surface area contributed by atoms with Crippen molar-refractivity contribution in [3.05, 3.63) is 81.4 Å². The molecule has 1 saturated heterocycles. The second-order valence-electron chi connectivity index (χ2n) is 10.0. The van der Waals surface area contributed by atoms with Crippen molar-refractivity contribution in [1.29, 1.82) is 0 Å². The van der Waals surface area contributed by atoms with Crippen molar-refractivity contribution in [2.45, 2.75) is 25.8 Å². The van der Waals surface area contributed by atoms with Gasteiger partial charge in [-0.15, -0.1) is 11.6 Å². The molecule has 42 heavy (non-hydrogen) atoms. The number of piperidine rings is 1. The third-order valence-corrected chi connectivity index (χ3v) is 7.90. The van der Waals surface area contributed by atoms with Gasteiger partial charge in [-0.2, -0.15) is 0 Å². The highest BCUT2D eigenvalue weighted by Crippen LogP contribution is 2.28. The molecule has 2 aromatic carbocycles. The van der Waals surface area contributed by atoms with Crippen LogP contribution in [-0.4, -0.2) is 56.2 Å². The van der Waals surface area contributed by atoms with Crippen molar-refractivity contribution in [1.82, 2.24) is 24.6 Å². The molecule has 11 nitrogen and oxygen atoms in total. The minimum Gasteiger partial charge on any atom is -0.381 e. The number of nitrogens with two attached hydrogens (primary N) is 1. The number of aromatic nitrogens is 4. The minimum absolute atomic E-state index is 0.0899. The van der Waals surface area contributed by atoms with Gasteiger partial charge in [-0.25, -0.2) is 14.6 Å². The SMILES string of the molecule is Cc1c(C(=O)NC2CCN(c3nc(-c4cccc(NC(=O)CCl)c4)cnc3N)CC2)c(=O)n(-c2ccccc2Cl)n1C. The van der Waals surface area contributed by atoms with Crippen molar-refractivity contribution >= 4 is 52.3 Å². The summed E-state index contributed by atoms with van der Waals surface area (Å²) in [5.74, 6) is -0.0129. The van der Waals surface area contributed by atoms with Crippen LogP contribution in [0.5, 0.6) is 0 Å². The fourth-order valence-electron chi connectivity index (χ4n) is 5.07. The zero-order valence-electron chi connectivity index (χ0n) is 23.1. The van der Waals surface area contributed by atoms with E-state index in [2.05, 4.69) is 15.6 Å². The highest BCUT2D eigenvalue weighted by Gasteiger charge is 2.28. The Morgan fingerprint density at radius 1 is 1.12 bits per heavy atom. The highest BCUT2D eigenvalue weighted by atomic mass is 35.5. The summed E-state index contributed by atoms with van der Waals surface area (Å²) >= 11 is 11.9. The van der Waals surface area contributed by atoms with Gasteiger partial charge in [0.15, 0.2) is 11.6 Å². The van der Waals surface area contributed by atoms with Crippen molar-refractivity contribution in [2.24, 2.45) is 7.05 Å². The molecule has 0 atom stereocenters. The monoisotopic (exact) mass is 608 g/mol. The third kappa shape index (κ3) is 5.83. The predicted molar refractivity (Wildman–Crippen MR) is 165 cm³/mol. The van der Waals surface area contributed by atoms with Gasteiger partial charge in [-0.1, -0.05) is 35.9 Å². The van der Waals surface area contributed by atoms with Gasteiger partial charge >= 0.3 is 0 Å². The van der Waals surface area contributed by atoms with Crippen LogP contribution in [0, 0.1) is 6.92 Å². The summed E-state index contributed by atoms with van der Waals surface area (Å²) < 4.78 is 3.04. The Labute approximate surface area is 252 Å². The van der Waals surface area contributed by atoms with E-state index in [1.807, 2.05) is 17.0 Å². The van der Waals surface area contributed by atoms with E-state index in [0.29, 0.717) is 65.4 Å². The number of anilines is 3. The molecule has 0 unspecified atom stereocenters. The van der Waals surface area contributed by atoms with Gasteiger partial charge in [0.2, 0.25) is 5.91 Å². The Morgan fingerprint density at radius 2 is 1.86 bits per heavy atom. The number of carbonyl (C=O) groups excluding carboxylic acids is 2. The summed E-state index contributed by atoms with van der Waals surface area (Å²) in [6.45, 7) is 2.90. The van der Waals surface area contributed by atoms with E-state index >= 15 is 0 Å². The first kappa shape index (κ1) is 29.2. The molecule has 2 amide bonds. The standard InChI is InChI=1S/C29H30Cl2N8O3/c1-17-25(29(42)39(37(17)2)23-9-4-3-8-21(23)31)28(41)35-19-10-12-38(13-11-19)27-26(32)33-16-22(36-27)18-6-5-7-20(14-18)34-24(40)15-30/h3-9,14,16,19H,10-13,15H2,1-2H3,(H2,32,33)(H,34,40)(H,35,41). The number of rotatable bonds is 7. The first-order valence-corrected chi connectivity index (χ1v) is 14.3. The lowest BCUT2D eigenvalue weighted by atomic mass is 10.0. The van der Waals surface area contributed by atoms with Gasteiger partial charge in [0, 0.05) is 37.4 Å². The molecule has 3 heterocycles. The summed E-state index contributed by atoms with van der Waals surface area (Å²) in [6, 6.07) is 14.1. The number of amides is 2. The van der Waals surface area contributed by atoms with Gasteiger partial charge in [0.1, 0.15) is 11.4 Å². The summed E-state index contributed by atoms with van der Waals surface area (Å²) in [5.41, 5.74) is 8.89. The average Bonchev–Trinajstić information content (AvgIpc) is 3.21. The lowest BCUT2D eigenvalue weighted by Crippen LogP contribution is -2.46. The number of nitrogens with zero attached hydrogens (tertiary/aromatic N) is 5. The van der Waals surface area contributed by atoms with Gasteiger partial charge in [0.25, 0.3) is 11.5 Å². The van der Waals surface area contributed by atoms with Crippen molar-refractivity contribution in [2.75, 3.05) is 34.9 Å². The number of para-hydroxylation sites is 1. The third-order valence-electron chi connectivity index (χ3n) is 7.34. The molecule has 2 aromatic heterocycles. The van der Waals surface area contributed by atoms with E-state index in [0.717, 1.165) is 5.56 Å². The second-order valence-corrected chi connectivity index (χ2v) is 10.7. The van der Waals surface area contributed by atoms with E-state index < -0.39 is 11.5 Å². The topological polar surface area (TPSA) is 140 Å². The van der Waals surface area contributed by atoms with E-state index in [1.54, 1.807) is 61.2 Å². The van der Waals surface area contributed by atoms with Crippen molar-refractivity contribution in [3.63, 3.8) is 0 Å². The second kappa shape index (κ2) is 12.3. The number of halogens is 2. The Balaban J connectivity index is 1.28. The summed E-state index contributed by atoms with van der Waals surface area (Å²) in [4.78, 5) is 49.5. The zero-order valence-corrected chi connectivity index (χ0v) is 24.6. The summed E-state index contributed by atoms with van der Waals surface area (Å²) in [7, 11) is 1.72. The van der Waals surface area contributed by atoms with Crippen LogP contribution in [0.15, 0.2) is 59.5 Å². The zero-order chi connectivity index (χ0) is 30.0. The molecular weight excluding hydrogens is 579 g/mol. The quantitative estimate of drug-likeness (QED) is 0.271. The van der Waals surface area contributed by atoms with Gasteiger partial charge < -0.3 is 21.3 Å². The predicted octanol–water partition coefficient (Wildman–Crippen LogP) is 3.75. The summed E-state index contributed by atoms with van der Waals surface area (Å²) in [6.07, 6.45) is 2.84. The Bertz CT molecular complexity index is 1710. The largest absolute Gasteiger partial charge is 0.381 e. The Morgan fingerprint density at radius 3 is 2.57 bits per heavy atom. The number of nitrogens with one attached hydrogen (secondary N) is 2. The molecule has 0 spiro atoms. The highest BCUT2D eigenvalue weighted by molar-refractivity contribution is 6.32. The molecule has 4 aromatic rings. The number of alkyl halides is 1. The van der Waals surface area contributed by atoms with Gasteiger partial charge in [0.05, 0.1) is 28.3 Å². The summed E-state index contributed by atoms with van der Waals surface area (Å²) in [5, 5.41) is 6.18. The van der Waals surface area contributed by atoms with Crippen LogP contribution >= 0.6 is 23.2 Å². The first-order chi connectivity index (χ1) is 20.2. The molecule has 5 rings (SSSR count). The average molecular weight is 610 g/mol. The molecule has 0 aliphatic carbocycles. The maximum atomic E-state index is 13.3. The van der Waals surface area contributed by atoms with E-state index in [1.165, 1.54) is 4.68 Å². The first-order valence-electron chi connectivity index (χ1n) is 13.4. The van der Waals surface area contributed by atoms with Crippen LogP contribution in [-0.2, 0) is 11.8 Å². The molecule has 13 heteroatoms. The minimum atomic E-state index is -0.427. The maximum Gasteiger partial charge on any atom is 0.284 e. The molecule has 0 radical (unpaired) electrons. The Hall–Kier alpha value is -4.35. The van der Waals surface area contributed by atoms with E-state index in [9.17, 15) is 14.4 Å². The molecule has 0 bridgehead atoms. The van der Waals surface area contributed by atoms with E-state index in [-0.39, 0.29) is 23.4 Å². The maximum absolute atomic E-state index is 13.3. The van der Waals surface area contributed by atoms with Crippen LogP contribution in [0.3, 0.4) is 0 Å². The van der Waals surface area contributed by atoms with Gasteiger partial charge in [-0.3, -0.25) is 19.1 Å². The lowest BCUT2D eigenvalue weighted by Gasteiger charge is -2.33. The molecule has 1 fully saturated rings. The normalized spacial score (nSPS) is 13.7. The Kier molecular flexibility index (Phi) is 8.51. The van der Waals surface area contributed by atoms with Crippen LogP contribution in [0.25, 0.3) is 16.9 Å². The molecular formula is C29H30Cl2N8O3. The lowest BCUT2D eigenvalue weighted by molar-refractivity contribution is -0.113. The smallest absolute Gasteiger partial charge is 0.284 e. The number of benzene rings is 2.